The second kappa shape index (κ2) is 11.7. The van der Waals surface area contributed by atoms with Crippen molar-refractivity contribution in [3.05, 3.63) is 47.3 Å². The normalized spacial score (nSPS) is 19.1. The van der Waals surface area contributed by atoms with Crippen LogP contribution in [0.15, 0.2) is 30.3 Å². The Kier molecular flexibility index (Phi) is 8.44. The lowest BCUT2D eigenvalue weighted by atomic mass is 9.73. The van der Waals surface area contributed by atoms with Crippen molar-refractivity contribution in [3.8, 4) is 5.75 Å². The van der Waals surface area contributed by atoms with E-state index in [9.17, 15) is 9.59 Å². The molecule has 0 atom stereocenters. The van der Waals surface area contributed by atoms with Crippen LogP contribution in [0.5, 0.6) is 5.75 Å². The standard InChI is InChI=1S/C27H39N5O3/c1-21-19-22(2)32(30-21)17-13-28-25(33)20-31-15-11-27(12-16-31)10-6-5-8-23-7-3-4-9-24(23)35-18-14-29-26(27)34/h3-4,7,9,19H,5-6,8,10-18,20H2,1-2H3,(H,28,33)(H,29,34). The third-order valence-corrected chi connectivity index (χ3v) is 7.38. The smallest absolute Gasteiger partial charge is 0.234 e. The van der Waals surface area contributed by atoms with E-state index >= 15 is 0 Å². The van der Waals surface area contributed by atoms with Gasteiger partial charge in [-0.2, -0.15) is 5.10 Å². The van der Waals surface area contributed by atoms with Crippen molar-refractivity contribution in [1.29, 1.82) is 0 Å². The van der Waals surface area contributed by atoms with Gasteiger partial charge in [-0.1, -0.05) is 24.6 Å². The fourth-order valence-electron chi connectivity index (χ4n) is 5.33. The van der Waals surface area contributed by atoms with Crippen molar-refractivity contribution in [2.45, 2.75) is 58.9 Å². The van der Waals surface area contributed by atoms with Gasteiger partial charge in [0.15, 0.2) is 0 Å². The number of nitrogens with one attached hydrogen (secondary N) is 2. The molecule has 1 saturated heterocycles. The predicted octanol–water partition coefficient (Wildman–Crippen LogP) is 2.62. The number of carbonyl (C=O) groups is 2. The van der Waals surface area contributed by atoms with Crippen LogP contribution in [0, 0.1) is 19.3 Å². The molecule has 0 aliphatic carbocycles. The largest absolute Gasteiger partial charge is 0.491 e. The van der Waals surface area contributed by atoms with Crippen LogP contribution in [0.2, 0.25) is 0 Å². The number of amides is 2. The molecule has 2 aliphatic heterocycles. The van der Waals surface area contributed by atoms with Crippen LogP contribution in [0.1, 0.15) is 49.1 Å². The summed E-state index contributed by atoms with van der Waals surface area (Å²) in [5.74, 6) is 1.10. The number of hydrogen-bond acceptors (Lipinski definition) is 5. The second-order valence-corrected chi connectivity index (χ2v) is 9.98. The van der Waals surface area contributed by atoms with Crippen LogP contribution in [0.4, 0.5) is 0 Å². The molecule has 2 aromatic rings. The maximum atomic E-state index is 13.2. The van der Waals surface area contributed by atoms with E-state index in [1.807, 2.05) is 36.7 Å². The summed E-state index contributed by atoms with van der Waals surface area (Å²) in [7, 11) is 0. The summed E-state index contributed by atoms with van der Waals surface area (Å²) in [4.78, 5) is 27.9. The van der Waals surface area contributed by atoms with E-state index in [1.54, 1.807) is 0 Å². The molecule has 1 fully saturated rings. The Morgan fingerprint density at radius 1 is 1.17 bits per heavy atom. The SMILES string of the molecule is Cc1cc(C)n(CCNC(=O)CN2CCC3(CCCCc4ccccc4OCCNC3=O)CC2)n1. The quantitative estimate of drug-likeness (QED) is 0.686. The molecule has 1 aromatic heterocycles. The molecule has 2 amide bonds. The first-order valence-corrected chi connectivity index (χ1v) is 12.9. The first-order valence-electron chi connectivity index (χ1n) is 12.9. The Morgan fingerprint density at radius 3 is 2.74 bits per heavy atom. The lowest BCUT2D eigenvalue weighted by Gasteiger charge is -2.40. The monoisotopic (exact) mass is 481 g/mol. The summed E-state index contributed by atoms with van der Waals surface area (Å²) >= 11 is 0. The van der Waals surface area contributed by atoms with Gasteiger partial charge in [0.05, 0.1) is 30.7 Å². The predicted molar refractivity (Wildman–Crippen MR) is 135 cm³/mol. The fraction of sp³-hybridized carbons (Fsp3) is 0.593. The Morgan fingerprint density at radius 2 is 1.97 bits per heavy atom. The summed E-state index contributed by atoms with van der Waals surface area (Å²) < 4.78 is 7.86. The maximum Gasteiger partial charge on any atom is 0.234 e. The first-order chi connectivity index (χ1) is 16.9. The van der Waals surface area contributed by atoms with Crippen molar-refractivity contribution < 1.29 is 14.3 Å². The highest BCUT2D eigenvalue weighted by Gasteiger charge is 2.40. The van der Waals surface area contributed by atoms with Gasteiger partial charge in [-0.3, -0.25) is 19.2 Å². The van der Waals surface area contributed by atoms with Crippen molar-refractivity contribution in [1.82, 2.24) is 25.3 Å². The maximum absolute atomic E-state index is 13.2. The number of likely N-dealkylation sites (tertiary alicyclic amines) is 1. The van der Waals surface area contributed by atoms with E-state index < -0.39 is 0 Å². The van der Waals surface area contributed by atoms with Gasteiger partial charge in [0.25, 0.3) is 0 Å². The van der Waals surface area contributed by atoms with Gasteiger partial charge in [0.2, 0.25) is 11.8 Å². The number of benzene rings is 1. The van der Waals surface area contributed by atoms with Crippen LogP contribution in [-0.4, -0.2) is 65.8 Å². The molecule has 2 N–H and O–H groups in total. The van der Waals surface area contributed by atoms with E-state index in [0.717, 1.165) is 68.8 Å². The molecule has 0 bridgehead atoms. The zero-order valence-corrected chi connectivity index (χ0v) is 21.1. The molecule has 8 heteroatoms. The minimum Gasteiger partial charge on any atom is -0.491 e. The third-order valence-electron chi connectivity index (χ3n) is 7.38. The highest BCUT2D eigenvalue weighted by Crippen LogP contribution is 2.37. The molecule has 0 radical (unpaired) electrons. The van der Waals surface area contributed by atoms with Crippen LogP contribution in [-0.2, 0) is 22.6 Å². The highest BCUT2D eigenvalue weighted by molar-refractivity contribution is 5.83. The van der Waals surface area contributed by atoms with E-state index in [-0.39, 0.29) is 17.2 Å². The number of aryl methyl sites for hydroxylation is 3. The number of fused-ring (bicyclic) bond motifs is 1. The molecule has 0 unspecified atom stereocenters. The molecular weight excluding hydrogens is 442 g/mol. The van der Waals surface area contributed by atoms with Gasteiger partial charge in [-0.05, 0) is 76.7 Å². The van der Waals surface area contributed by atoms with Gasteiger partial charge in [0, 0.05) is 12.2 Å². The molecule has 1 spiro atoms. The molecule has 3 heterocycles. The molecule has 8 nitrogen and oxygen atoms in total. The number of piperidine rings is 1. The zero-order chi connectivity index (χ0) is 24.7. The van der Waals surface area contributed by atoms with Gasteiger partial charge >= 0.3 is 0 Å². The molecule has 0 saturated carbocycles. The average molecular weight is 482 g/mol. The summed E-state index contributed by atoms with van der Waals surface area (Å²) in [6, 6.07) is 10.2. The Labute approximate surface area is 208 Å². The minimum absolute atomic E-state index is 0.0291. The number of ether oxygens (including phenoxy) is 1. The lowest BCUT2D eigenvalue weighted by Crippen LogP contribution is -2.51. The van der Waals surface area contributed by atoms with Crippen LogP contribution in [0.25, 0.3) is 0 Å². The average Bonchev–Trinajstić information content (AvgIpc) is 3.17. The van der Waals surface area contributed by atoms with Gasteiger partial charge in [0.1, 0.15) is 12.4 Å². The van der Waals surface area contributed by atoms with Crippen molar-refractivity contribution >= 4 is 11.8 Å². The second-order valence-electron chi connectivity index (χ2n) is 9.98. The molecule has 1 aromatic carbocycles. The molecule has 190 valence electrons. The van der Waals surface area contributed by atoms with Gasteiger partial charge in [-0.15, -0.1) is 0 Å². The Bertz CT molecular complexity index is 1010. The number of nitrogens with zero attached hydrogens (tertiary/aromatic N) is 3. The first kappa shape index (κ1) is 25.2. The summed E-state index contributed by atoms with van der Waals surface area (Å²) in [6.07, 6.45) is 5.48. The Hall–Kier alpha value is -2.87. The van der Waals surface area contributed by atoms with Crippen LogP contribution in [0.3, 0.4) is 0 Å². The van der Waals surface area contributed by atoms with Crippen molar-refractivity contribution in [2.24, 2.45) is 5.41 Å². The molecule has 2 aliphatic rings. The fourth-order valence-corrected chi connectivity index (χ4v) is 5.33. The Balaban J connectivity index is 1.25. The highest BCUT2D eigenvalue weighted by atomic mass is 16.5. The van der Waals surface area contributed by atoms with Gasteiger partial charge < -0.3 is 15.4 Å². The third kappa shape index (κ3) is 6.63. The molecule has 35 heavy (non-hydrogen) atoms. The van der Waals surface area contributed by atoms with E-state index in [4.69, 9.17) is 4.74 Å². The summed E-state index contributed by atoms with van der Waals surface area (Å²) in [5.41, 5.74) is 2.99. The number of para-hydroxylation sites is 1. The number of hydrogen-bond donors (Lipinski definition) is 2. The summed E-state index contributed by atoms with van der Waals surface area (Å²) in [5, 5.41) is 10.6. The van der Waals surface area contributed by atoms with E-state index in [0.29, 0.717) is 32.8 Å². The van der Waals surface area contributed by atoms with E-state index in [1.165, 1.54) is 5.56 Å². The van der Waals surface area contributed by atoms with Crippen molar-refractivity contribution in [3.63, 3.8) is 0 Å². The molecule has 4 rings (SSSR count). The van der Waals surface area contributed by atoms with Crippen molar-refractivity contribution in [2.75, 3.05) is 39.3 Å². The molecular formula is C27H39N5O3. The van der Waals surface area contributed by atoms with E-state index in [2.05, 4.69) is 32.8 Å². The lowest BCUT2D eigenvalue weighted by molar-refractivity contribution is -0.135. The van der Waals surface area contributed by atoms with Crippen LogP contribution < -0.4 is 15.4 Å². The number of rotatable bonds is 5. The van der Waals surface area contributed by atoms with Gasteiger partial charge in [-0.25, -0.2) is 0 Å². The van der Waals surface area contributed by atoms with Crippen LogP contribution >= 0.6 is 0 Å². The zero-order valence-electron chi connectivity index (χ0n) is 21.1. The number of carbonyl (C=O) groups excluding carboxylic acids is 2. The summed E-state index contributed by atoms with van der Waals surface area (Å²) in [6.45, 7) is 8.11. The minimum atomic E-state index is -0.346. The number of aromatic nitrogens is 2. The topological polar surface area (TPSA) is 88.5 Å².